The van der Waals surface area contributed by atoms with E-state index in [1.165, 1.54) is 5.56 Å². The number of anilines is 1. The number of halogens is 1. The Bertz CT molecular complexity index is 560. The topological polar surface area (TPSA) is 47.0 Å². The number of hydrogen-bond donors (Lipinski definition) is 1. The number of rotatable bonds is 5. The zero-order valence-corrected chi connectivity index (χ0v) is 11.7. The smallest absolute Gasteiger partial charge is 0.224 e. The lowest BCUT2D eigenvalue weighted by molar-refractivity contribution is 0.185. The van der Waals surface area contributed by atoms with Gasteiger partial charge >= 0.3 is 0 Å². The van der Waals surface area contributed by atoms with Crippen molar-refractivity contribution in [3.05, 3.63) is 52.4 Å². The fraction of sp³-hybridized carbons (Fsp3) is 0.286. The second-order valence-corrected chi connectivity index (χ2v) is 4.62. The molecule has 1 heterocycles. The molecular formula is C14H16ClN3O. The van der Waals surface area contributed by atoms with Gasteiger partial charge < -0.3 is 10.1 Å². The first-order valence-corrected chi connectivity index (χ1v) is 6.36. The van der Waals surface area contributed by atoms with Crippen LogP contribution in [0.5, 0.6) is 0 Å². The minimum Gasteiger partial charge on any atom is -0.380 e. The van der Waals surface area contributed by atoms with E-state index in [4.69, 9.17) is 16.3 Å². The van der Waals surface area contributed by atoms with Crippen LogP contribution in [0.1, 0.15) is 16.7 Å². The molecule has 0 bridgehead atoms. The third kappa shape index (κ3) is 3.91. The summed E-state index contributed by atoms with van der Waals surface area (Å²) in [6.07, 6.45) is 1.71. The molecule has 2 rings (SSSR count). The number of aromatic nitrogens is 2. The maximum Gasteiger partial charge on any atom is 0.224 e. The van der Waals surface area contributed by atoms with Crippen LogP contribution in [0.15, 0.2) is 30.5 Å². The molecule has 0 amide bonds. The van der Waals surface area contributed by atoms with E-state index in [0.29, 0.717) is 13.2 Å². The molecule has 0 aliphatic heterocycles. The van der Waals surface area contributed by atoms with Gasteiger partial charge in [0.15, 0.2) is 0 Å². The second-order valence-electron chi connectivity index (χ2n) is 4.28. The largest absolute Gasteiger partial charge is 0.380 e. The molecule has 0 aliphatic rings. The fourth-order valence-corrected chi connectivity index (χ4v) is 1.91. The maximum atomic E-state index is 5.79. The van der Waals surface area contributed by atoms with Crippen molar-refractivity contribution in [2.75, 3.05) is 12.4 Å². The summed E-state index contributed by atoms with van der Waals surface area (Å²) in [4.78, 5) is 8.10. The van der Waals surface area contributed by atoms with Gasteiger partial charge in [-0.3, -0.25) is 0 Å². The highest BCUT2D eigenvalue weighted by atomic mass is 35.5. The zero-order chi connectivity index (χ0) is 13.7. The highest BCUT2D eigenvalue weighted by Gasteiger charge is 2.02. The summed E-state index contributed by atoms with van der Waals surface area (Å²) in [5.41, 5.74) is 3.29. The van der Waals surface area contributed by atoms with E-state index in [9.17, 15) is 0 Å². The van der Waals surface area contributed by atoms with Gasteiger partial charge in [-0.1, -0.05) is 24.3 Å². The molecule has 0 radical (unpaired) electrons. The molecule has 0 saturated carbocycles. The minimum absolute atomic E-state index is 0.251. The second kappa shape index (κ2) is 6.50. The molecule has 1 aromatic heterocycles. The Morgan fingerprint density at radius 3 is 2.89 bits per heavy atom. The van der Waals surface area contributed by atoms with Gasteiger partial charge in [0.1, 0.15) is 5.82 Å². The van der Waals surface area contributed by atoms with Crippen LogP contribution in [0.2, 0.25) is 5.28 Å². The summed E-state index contributed by atoms with van der Waals surface area (Å²) in [5.74, 6) is 0.761. The predicted molar refractivity (Wildman–Crippen MR) is 76.3 cm³/mol. The number of ether oxygens (including phenoxy) is 1. The lowest BCUT2D eigenvalue weighted by Gasteiger charge is -2.09. The normalized spacial score (nSPS) is 10.5. The van der Waals surface area contributed by atoms with Gasteiger partial charge in [-0.25, -0.2) is 9.97 Å². The molecule has 0 fully saturated rings. The molecule has 2 aromatic rings. The molecule has 1 N–H and O–H groups in total. The Kier molecular flexibility index (Phi) is 4.71. The van der Waals surface area contributed by atoms with Crippen molar-refractivity contribution >= 4 is 17.4 Å². The van der Waals surface area contributed by atoms with Crippen molar-refractivity contribution in [1.29, 1.82) is 0 Å². The van der Waals surface area contributed by atoms with Crippen LogP contribution in [0.25, 0.3) is 0 Å². The van der Waals surface area contributed by atoms with E-state index in [1.54, 1.807) is 13.3 Å². The fourth-order valence-electron chi connectivity index (χ4n) is 1.78. The van der Waals surface area contributed by atoms with Crippen LogP contribution in [0, 0.1) is 6.92 Å². The zero-order valence-electron chi connectivity index (χ0n) is 11.0. The molecule has 19 heavy (non-hydrogen) atoms. The van der Waals surface area contributed by atoms with E-state index in [2.05, 4.69) is 27.4 Å². The molecule has 5 heteroatoms. The number of aryl methyl sites for hydroxylation is 1. The highest BCUT2D eigenvalue weighted by Crippen LogP contribution is 2.14. The van der Waals surface area contributed by atoms with Crippen molar-refractivity contribution in [1.82, 2.24) is 9.97 Å². The average molecular weight is 278 g/mol. The number of nitrogens with zero attached hydrogens (tertiary/aromatic N) is 2. The molecule has 1 aromatic carbocycles. The Morgan fingerprint density at radius 1 is 1.32 bits per heavy atom. The lowest BCUT2D eigenvalue weighted by Crippen LogP contribution is -2.04. The average Bonchev–Trinajstić information content (AvgIpc) is 2.41. The molecule has 0 spiro atoms. The standard InChI is InChI=1S/C14H16ClN3O/c1-10-7-17-14(15)18-13(10)16-8-11-4-3-5-12(6-11)9-19-2/h3-7H,8-9H2,1-2H3,(H,16,17,18). The third-order valence-corrected chi connectivity index (χ3v) is 2.89. The molecule has 4 nitrogen and oxygen atoms in total. The minimum atomic E-state index is 0.251. The Morgan fingerprint density at radius 2 is 2.11 bits per heavy atom. The molecule has 0 atom stereocenters. The lowest BCUT2D eigenvalue weighted by atomic mass is 10.1. The van der Waals surface area contributed by atoms with Gasteiger partial charge in [-0.2, -0.15) is 0 Å². The quantitative estimate of drug-likeness (QED) is 0.853. The summed E-state index contributed by atoms with van der Waals surface area (Å²) in [7, 11) is 1.69. The summed E-state index contributed by atoms with van der Waals surface area (Å²) >= 11 is 5.79. The van der Waals surface area contributed by atoms with Gasteiger partial charge in [0.05, 0.1) is 6.61 Å². The van der Waals surface area contributed by atoms with Crippen LogP contribution in [-0.4, -0.2) is 17.1 Å². The Labute approximate surface area is 117 Å². The van der Waals surface area contributed by atoms with Gasteiger partial charge in [0, 0.05) is 25.4 Å². The van der Waals surface area contributed by atoms with Crippen LogP contribution in [0.4, 0.5) is 5.82 Å². The van der Waals surface area contributed by atoms with Gasteiger partial charge in [0.2, 0.25) is 5.28 Å². The maximum absolute atomic E-state index is 5.79. The van der Waals surface area contributed by atoms with Crippen LogP contribution < -0.4 is 5.32 Å². The first-order chi connectivity index (χ1) is 9.19. The number of methoxy groups -OCH3 is 1. The Hall–Kier alpha value is -1.65. The number of hydrogen-bond acceptors (Lipinski definition) is 4. The van der Waals surface area contributed by atoms with Crippen molar-refractivity contribution in [3.63, 3.8) is 0 Å². The first-order valence-electron chi connectivity index (χ1n) is 5.99. The van der Waals surface area contributed by atoms with E-state index >= 15 is 0 Å². The SMILES string of the molecule is COCc1cccc(CNc2nc(Cl)ncc2C)c1. The van der Waals surface area contributed by atoms with Crippen molar-refractivity contribution in [2.45, 2.75) is 20.1 Å². The number of nitrogens with one attached hydrogen (secondary N) is 1. The summed E-state index contributed by atoms with van der Waals surface area (Å²) < 4.78 is 5.12. The summed E-state index contributed by atoms with van der Waals surface area (Å²) in [5, 5.41) is 3.51. The molecule has 0 unspecified atom stereocenters. The van der Waals surface area contributed by atoms with E-state index in [1.807, 2.05) is 19.1 Å². The third-order valence-electron chi connectivity index (χ3n) is 2.70. The van der Waals surface area contributed by atoms with Gasteiger partial charge in [-0.15, -0.1) is 0 Å². The van der Waals surface area contributed by atoms with Crippen LogP contribution in [-0.2, 0) is 17.9 Å². The molecule has 100 valence electrons. The van der Waals surface area contributed by atoms with Crippen molar-refractivity contribution in [2.24, 2.45) is 0 Å². The molecule has 0 saturated heterocycles. The monoisotopic (exact) mass is 277 g/mol. The van der Waals surface area contributed by atoms with E-state index < -0.39 is 0 Å². The van der Waals surface area contributed by atoms with Crippen molar-refractivity contribution < 1.29 is 4.74 Å². The summed E-state index contributed by atoms with van der Waals surface area (Å²) in [6.45, 7) is 3.25. The van der Waals surface area contributed by atoms with Gasteiger partial charge in [-0.05, 0) is 29.7 Å². The Balaban J connectivity index is 2.05. The first kappa shape index (κ1) is 13.8. The van der Waals surface area contributed by atoms with Gasteiger partial charge in [0.25, 0.3) is 0 Å². The molecule has 0 aliphatic carbocycles. The van der Waals surface area contributed by atoms with Crippen LogP contribution in [0.3, 0.4) is 0 Å². The number of benzene rings is 1. The highest BCUT2D eigenvalue weighted by molar-refractivity contribution is 6.28. The predicted octanol–water partition coefficient (Wildman–Crippen LogP) is 3.20. The molecular weight excluding hydrogens is 262 g/mol. The van der Waals surface area contributed by atoms with E-state index in [-0.39, 0.29) is 5.28 Å². The van der Waals surface area contributed by atoms with Crippen molar-refractivity contribution in [3.8, 4) is 0 Å². The van der Waals surface area contributed by atoms with E-state index in [0.717, 1.165) is 16.9 Å². The van der Waals surface area contributed by atoms with Crippen LogP contribution >= 0.6 is 11.6 Å². The summed E-state index contributed by atoms with van der Waals surface area (Å²) in [6, 6.07) is 8.23.